The van der Waals surface area contributed by atoms with Gasteiger partial charge in [0.05, 0.1) is 0 Å². The molecule has 1 aromatic rings. The van der Waals surface area contributed by atoms with Gasteiger partial charge in [0, 0.05) is 24.8 Å². The molecule has 1 aliphatic heterocycles. The van der Waals surface area contributed by atoms with E-state index in [9.17, 15) is 9.59 Å². The molecule has 0 unspecified atom stereocenters. The van der Waals surface area contributed by atoms with Crippen LogP contribution in [-0.2, 0) is 15.3 Å². The van der Waals surface area contributed by atoms with E-state index >= 15 is 0 Å². The molecule has 0 aliphatic carbocycles. The van der Waals surface area contributed by atoms with Crippen LogP contribution in [0.5, 0.6) is 0 Å². The molecule has 1 heterocycles. The molecular weight excluding hydrogens is 324 g/mol. The third-order valence-electron chi connectivity index (χ3n) is 3.77. The highest BCUT2D eigenvalue weighted by Gasteiger charge is 2.29. The Hall–Kier alpha value is -1.69. The Balaban J connectivity index is 1.70. The van der Waals surface area contributed by atoms with Crippen LogP contribution in [0.1, 0.15) is 39.2 Å². The van der Waals surface area contributed by atoms with Gasteiger partial charge < -0.3 is 9.64 Å². The number of hydrogen-bond donors (Lipinski definition) is 1. The fraction of sp³-hybridized carbons (Fsp3) is 0.556. The molecule has 1 aliphatic rings. The van der Waals surface area contributed by atoms with Crippen molar-refractivity contribution in [2.45, 2.75) is 45.0 Å². The molecule has 24 heavy (non-hydrogen) atoms. The Morgan fingerprint density at radius 1 is 1.21 bits per heavy atom. The Morgan fingerprint density at radius 3 is 2.42 bits per heavy atom. The van der Waals surface area contributed by atoms with E-state index in [-0.39, 0.29) is 17.9 Å². The van der Waals surface area contributed by atoms with Crippen molar-refractivity contribution in [3.05, 3.63) is 35.9 Å². The number of carbonyl (C=O) groups is 2. The van der Waals surface area contributed by atoms with Gasteiger partial charge in [0.25, 0.3) is 0 Å². The number of carbonyl (C=O) groups excluding carboxylic acids is 2. The predicted octanol–water partition coefficient (Wildman–Crippen LogP) is 3.60. The van der Waals surface area contributed by atoms with Gasteiger partial charge >= 0.3 is 6.09 Å². The maximum atomic E-state index is 12.2. The standard InChI is InChI=1S/C18H26N2O3S/c1-18(2,3)23-17(22)20-11-9-15(10-12-20)16(21)19-24-13-14-7-5-4-6-8-14/h4-8,15H,9-13H2,1-3H3,(H,19,21). The zero-order valence-corrected chi connectivity index (χ0v) is 15.4. The smallest absolute Gasteiger partial charge is 0.410 e. The summed E-state index contributed by atoms with van der Waals surface area (Å²) in [6.45, 7) is 6.70. The first-order valence-corrected chi connectivity index (χ1v) is 9.27. The van der Waals surface area contributed by atoms with E-state index in [0.717, 1.165) is 5.75 Å². The SMILES string of the molecule is CC(C)(C)OC(=O)N1CCC(C(=O)NSCc2ccccc2)CC1. The van der Waals surface area contributed by atoms with E-state index in [2.05, 4.69) is 4.72 Å². The molecule has 6 heteroatoms. The van der Waals surface area contributed by atoms with Crippen molar-refractivity contribution < 1.29 is 14.3 Å². The highest BCUT2D eigenvalue weighted by molar-refractivity contribution is 7.97. The minimum Gasteiger partial charge on any atom is -0.444 e. The summed E-state index contributed by atoms with van der Waals surface area (Å²) in [7, 11) is 0. The first-order valence-electron chi connectivity index (χ1n) is 8.28. The summed E-state index contributed by atoms with van der Waals surface area (Å²) < 4.78 is 8.30. The summed E-state index contributed by atoms with van der Waals surface area (Å²) >= 11 is 1.42. The van der Waals surface area contributed by atoms with Crippen molar-refractivity contribution in [2.75, 3.05) is 13.1 Å². The van der Waals surface area contributed by atoms with E-state index in [1.54, 1.807) is 4.90 Å². The van der Waals surface area contributed by atoms with Crippen LogP contribution in [0, 0.1) is 5.92 Å². The largest absolute Gasteiger partial charge is 0.444 e. The van der Waals surface area contributed by atoms with Crippen molar-refractivity contribution in [3.63, 3.8) is 0 Å². The predicted molar refractivity (Wildman–Crippen MR) is 96.4 cm³/mol. The number of nitrogens with zero attached hydrogens (tertiary/aromatic N) is 1. The second-order valence-corrected chi connectivity index (χ2v) is 7.76. The van der Waals surface area contributed by atoms with Gasteiger partial charge in [-0.2, -0.15) is 0 Å². The van der Waals surface area contributed by atoms with Crippen LogP contribution in [0.3, 0.4) is 0 Å². The minimum atomic E-state index is -0.487. The molecule has 0 bridgehead atoms. The second-order valence-electron chi connectivity index (χ2n) is 6.98. The minimum absolute atomic E-state index is 0.0352. The average molecular weight is 350 g/mol. The maximum absolute atomic E-state index is 12.2. The fourth-order valence-corrected chi connectivity index (χ4v) is 3.24. The average Bonchev–Trinajstić information content (AvgIpc) is 2.54. The Bertz CT molecular complexity index is 549. The molecule has 1 N–H and O–H groups in total. The highest BCUT2D eigenvalue weighted by Crippen LogP contribution is 2.21. The molecule has 0 spiro atoms. The van der Waals surface area contributed by atoms with E-state index in [1.165, 1.54) is 17.5 Å². The Labute approximate surface area is 148 Å². The van der Waals surface area contributed by atoms with E-state index in [0.29, 0.717) is 25.9 Å². The molecule has 1 fully saturated rings. The van der Waals surface area contributed by atoms with Crippen molar-refractivity contribution >= 4 is 23.9 Å². The molecule has 2 rings (SSSR count). The number of rotatable bonds is 4. The Kier molecular flexibility index (Phi) is 6.54. The normalized spacial score (nSPS) is 15.9. The monoisotopic (exact) mass is 350 g/mol. The van der Waals surface area contributed by atoms with E-state index in [4.69, 9.17) is 4.74 Å². The first-order chi connectivity index (χ1) is 11.3. The fourth-order valence-electron chi connectivity index (χ4n) is 2.50. The van der Waals surface area contributed by atoms with Crippen molar-refractivity contribution in [2.24, 2.45) is 5.92 Å². The van der Waals surface area contributed by atoms with Crippen molar-refractivity contribution in [1.29, 1.82) is 0 Å². The highest BCUT2D eigenvalue weighted by atomic mass is 32.2. The lowest BCUT2D eigenvalue weighted by molar-refractivity contribution is -0.124. The first kappa shape index (κ1) is 18.6. The summed E-state index contributed by atoms with van der Waals surface area (Å²) in [4.78, 5) is 25.9. The van der Waals surface area contributed by atoms with Crippen molar-refractivity contribution in [1.82, 2.24) is 9.62 Å². The molecule has 5 nitrogen and oxygen atoms in total. The summed E-state index contributed by atoms with van der Waals surface area (Å²) in [6.07, 6.45) is 1.06. The summed E-state index contributed by atoms with van der Waals surface area (Å²) in [5, 5.41) is 0. The molecule has 1 aromatic carbocycles. The third kappa shape index (κ3) is 6.07. The number of piperidine rings is 1. The van der Waals surface area contributed by atoms with Crippen LogP contribution in [-0.4, -0.2) is 35.6 Å². The number of amides is 2. The van der Waals surface area contributed by atoms with Crippen LogP contribution in [0.4, 0.5) is 4.79 Å². The van der Waals surface area contributed by atoms with Gasteiger partial charge in [-0.25, -0.2) is 4.79 Å². The van der Waals surface area contributed by atoms with Gasteiger partial charge in [-0.15, -0.1) is 0 Å². The van der Waals surface area contributed by atoms with Crippen LogP contribution in [0.2, 0.25) is 0 Å². The van der Waals surface area contributed by atoms with Crippen LogP contribution in [0.25, 0.3) is 0 Å². The summed E-state index contributed by atoms with van der Waals surface area (Å²) in [5.41, 5.74) is 0.696. The van der Waals surface area contributed by atoms with Gasteiger partial charge in [-0.05, 0) is 51.1 Å². The van der Waals surface area contributed by atoms with Crippen molar-refractivity contribution in [3.8, 4) is 0 Å². The lowest BCUT2D eigenvalue weighted by atomic mass is 9.97. The topological polar surface area (TPSA) is 58.6 Å². The molecule has 2 amide bonds. The number of hydrogen-bond acceptors (Lipinski definition) is 4. The molecular formula is C18H26N2O3S. The lowest BCUT2D eigenvalue weighted by Crippen LogP contribution is -2.44. The lowest BCUT2D eigenvalue weighted by Gasteiger charge is -2.32. The van der Waals surface area contributed by atoms with Gasteiger partial charge in [-0.1, -0.05) is 30.3 Å². The molecule has 0 saturated carbocycles. The van der Waals surface area contributed by atoms with Gasteiger partial charge in [-0.3, -0.25) is 9.52 Å². The number of benzene rings is 1. The maximum Gasteiger partial charge on any atom is 0.410 e. The number of ether oxygens (including phenoxy) is 1. The molecule has 0 radical (unpaired) electrons. The van der Waals surface area contributed by atoms with Crippen LogP contribution in [0.15, 0.2) is 30.3 Å². The molecule has 0 atom stereocenters. The molecule has 1 saturated heterocycles. The Morgan fingerprint density at radius 2 is 1.83 bits per heavy atom. The summed E-state index contributed by atoms with van der Waals surface area (Å²) in [5.74, 6) is 0.773. The van der Waals surface area contributed by atoms with Gasteiger partial charge in [0.1, 0.15) is 5.60 Å². The molecule has 0 aromatic heterocycles. The number of nitrogens with one attached hydrogen (secondary N) is 1. The second kappa shape index (κ2) is 8.42. The number of likely N-dealkylation sites (tertiary alicyclic amines) is 1. The van der Waals surface area contributed by atoms with Crippen LogP contribution >= 0.6 is 11.9 Å². The zero-order valence-electron chi connectivity index (χ0n) is 14.6. The van der Waals surface area contributed by atoms with E-state index < -0.39 is 5.60 Å². The quantitative estimate of drug-likeness (QED) is 0.843. The van der Waals surface area contributed by atoms with Gasteiger partial charge in [0.2, 0.25) is 5.91 Å². The van der Waals surface area contributed by atoms with E-state index in [1.807, 2.05) is 51.1 Å². The van der Waals surface area contributed by atoms with Gasteiger partial charge in [0.15, 0.2) is 0 Å². The molecule has 132 valence electrons. The zero-order chi connectivity index (χ0) is 17.6. The van der Waals surface area contributed by atoms with Crippen LogP contribution < -0.4 is 4.72 Å². The third-order valence-corrected chi connectivity index (χ3v) is 4.60. The summed E-state index contributed by atoms with van der Waals surface area (Å²) in [6, 6.07) is 10.0.